The highest BCUT2D eigenvalue weighted by Gasteiger charge is 2.12. The SMILES string of the molecule is CCc1nnc(NC(=O)/C(C#N)=C/c2ccc(O)c(O)c2)s1. The van der Waals surface area contributed by atoms with Crippen LogP contribution in [0.25, 0.3) is 6.08 Å². The Hall–Kier alpha value is -2.92. The van der Waals surface area contributed by atoms with E-state index < -0.39 is 5.91 Å². The number of hydrogen-bond donors (Lipinski definition) is 3. The molecule has 0 aliphatic rings. The second kappa shape index (κ2) is 6.69. The molecule has 3 N–H and O–H groups in total. The lowest BCUT2D eigenvalue weighted by Crippen LogP contribution is -2.13. The molecule has 7 nitrogen and oxygen atoms in total. The van der Waals surface area contributed by atoms with E-state index in [-0.39, 0.29) is 17.1 Å². The van der Waals surface area contributed by atoms with Gasteiger partial charge < -0.3 is 10.2 Å². The zero-order valence-electron chi connectivity index (χ0n) is 11.6. The van der Waals surface area contributed by atoms with Gasteiger partial charge in [0, 0.05) is 0 Å². The van der Waals surface area contributed by atoms with Crippen LogP contribution < -0.4 is 5.32 Å². The molecule has 1 aromatic heterocycles. The Morgan fingerprint density at radius 3 is 2.77 bits per heavy atom. The summed E-state index contributed by atoms with van der Waals surface area (Å²) < 4.78 is 0. The molecule has 1 aromatic carbocycles. The quantitative estimate of drug-likeness (QED) is 0.451. The average molecular weight is 316 g/mol. The predicted molar refractivity (Wildman–Crippen MR) is 81.3 cm³/mol. The molecule has 1 heterocycles. The van der Waals surface area contributed by atoms with Crippen LogP contribution in [0.3, 0.4) is 0 Å². The van der Waals surface area contributed by atoms with E-state index in [0.717, 1.165) is 5.01 Å². The van der Waals surface area contributed by atoms with E-state index in [0.29, 0.717) is 17.1 Å². The average Bonchev–Trinajstić information content (AvgIpc) is 2.95. The van der Waals surface area contributed by atoms with Crippen LogP contribution in [-0.2, 0) is 11.2 Å². The highest BCUT2D eigenvalue weighted by molar-refractivity contribution is 7.15. The first-order chi connectivity index (χ1) is 10.5. The van der Waals surface area contributed by atoms with Gasteiger partial charge in [0.1, 0.15) is 16.6 Å². The molecule has 0 fully saturated rings. The van der Waals surface area contributed by atoms with E-state index >= 15 is 0 Å². The number of rotatable bonds is 4. The van der Waals surface area contributed by atoms with Crippen molar-refractivity contribution in [3.63, 3.8) is 0 Å². The summed E-state index contributed by atoms with van der Waals surface area (Å²) in [6.45, 7) is 1.92. The van der Waals surface area contributed by atoms with Crippen molar-refractivity contribution < 1.29 is 15.0 Å². The third kappa shape index (κ3) is 3.59. The zero-order chi connectivity index (χ0) is 16.1. The molecule has 2 rings (SSSR count). The van der Waals surface area contributed by atoms with Gasteiger partial charge >= 0.3 is 0 Å². The molecule has 0 unspecified atom stereocenters. The number of phenols is 2. The van der Waals surface area contributed by atoms with Crippen LogP contribution in [0.5, 0.6) is 11.5 Å². The highest BCUT2D eigenvalue weighted by atomic mass is 32.1. The van der Waals surface area contributed by atoms with Crippen LogP contribution in [0.1, 0.15) is 17.5 Å². The number of amides is 1. The molecule has 0 saturated carbocycles. The number of nitrogens with zero attached hydrogens (tertiary/aromatic N) is 3. The number of phenolic OH excluding ortho intramolecular Hbond substituents is 2. The predicted octanol–water partition coefficient (Wildman–Crippen LogP) is 2.06. The van der Waals surface area contributed by atoms with Crippen molar-refractivity contribution in [2.24, 2.45) is 0 Å². The summed E-state index contributed by atoms with van der Waals surface area (Å²) in [6, 6.07) is 5.78. The number of aromatic hydroxyl groups is 2. The maximum atomic E-state index is 12.0. The van der Waals surface area contributed by atoms with Gasteiger partial charge in [-0.15, -0.1) is 10.2 Å². The summed E-state index contributed by atoms with van der Waals surface area (Å²) in [4.78, 5) is 12.0. The number of benzene rings is 1. The van der Waals surface area contributed by atoms with Gasteiger partial charge in [-0.1, -0.05) is 24.3 Å². The van der Waals surface area contributed by atoms with Crippen molar-refractivity contribution in [3.8, 4) is 17.6 Å². The van der Waals surface area contributed by atoms with Gasteiger partial charge in [-0.05, 0) is 30.2 Å². The number of aryl methyl sites for hydroxylation is 1. The molecule has 2 aromatic rings. The van der Waals surface area contributed by atoms with E-state index in [2.05, 4.69) is 15.5 Å². The van der Waals surface area contributed by atoms with Crippen LogP contribution in [0, 0.1) is 11.3 Å². The Labute approximate surface area is 130 Å². The third-order valence-corrected chi connectivity index (χ3v) is 3.65. The molecule has 0 saturated heterocycles. The maximum absolute atomic E-state index is 12.0. The lowest BCUT2D eigenvalue weighted by Gasteiger charge is -2.01. The van der Waals surface area contributed by atoms with Crippen molar-refractivity contribution in [1.82, 2.24) is 10.2 Å². The van der Waals surface area contributed by atoms with Crippen LogP contribution in [0.2, 0.25) is 0 Å². The zero-order valence-corrected chi connectivity index (χ0v) is 12.4. The standard InChI is InChI=1S/C14H12N4O3S/c1-2-12-17-18-14(22-12)16-13(21)9(7-15)5-8-3-4-10(19)11(20)6-8/h3-6,19-20H,2H2,1H3,(H,16,18,21)/b9-5+. The van der Waals surface area contributed by atoms with Gasteiger partial charge in [-0.25, -0.2) is 0 Å². The molecule has 1 amide bonds. The van der Waals surface area contributed by atoms with Crippen molar-refractivity contribution in [2.75, 3.05) is 5.32 Å². The van der Waals surface area contributed by atoms with Crippen molar-refractivity contribution in [3.05, 3.63) is 34.3 Å². The van der Waals surface area contributed by atoms with Crippen LogP contribution in [0.4, 0.5) is 5.13 Å². The first-order valence-corrected chi connectivity index (χ1v) is 7.12. The molecular weight excluding hydrogens is 304 g/mol. The van der Waals surface area contributed by atoms with Crippen LogP contribution in [-0.4, -0.2) is 26.3 Å². The molecule has 22 heavy (non-hydrogen) atoms. The summed E-state index contributed by atoms with van der Waals surface area (Å²) >= 11 is 1.24. The molecule has 8 heteroatoms. The number of carbonyl (C=O) groups excluding carboxylic acids is 1. The first-order valence-electron chi connectivity index (χ1n) is 6.31. The number of anilines is 1. The van der Waals surface area contributed by atoms with Gasteiger partial charge in [-0.2, -0.15) is 5.26 Å². The monoisotopic (exact) mass is 316 g/mol. The Bertz CT molecular complexity index is 777. The van der Waals surface area contributed by atoms with Gasteiger partial charge in [0.15, 0.2) is 11.5 Å². The molecule has 0 aliphatic heterocycles. The smallest absolute Gasteiger partial charge is 0.268 e. The molecule has 112 valence electrons. The molecule has 0 spiro atoms. The summed E-state index contributed by atoms with van der Waals surface area (Å²) in [6.07, 6.45) is 2.01. The molecule has 0 bridgehead atoms. The number of carbonyl (C=O) groups is 1. The number of hydrogen-bond acceptors (Lipinski definition) is 7. The molecule has 0 aliphatic carbocycles. The van der Waals surface area contributed by atoms with E-state index in [9.17, 15) is 15.0 Å². The third-order valence-electron chi connectivity index (χ3n) is 2.67. The summed E-state index contributed by atoms with van der Waals surface area (Å²) in [7, 11) is 0. The van der Waals surface area contributed by atoms with E-state index in [1.54, 1.807) is 6.07 Å². The highest BCUT2D eigenvalue weighted by Crippen LogP contribution is 2.26. The summed E-state index contributed by atoms with van der Waals surface area (Å²) in [5, 5.41) is 39.0. The van der Waals surface area contributed by atoms with E-state index in [1.165, 1.54) is 35.6 Å². The van der Waals surface area contributed by atoms with Crippen molar-refractivity contribution >= 4 is 28.5 Å². The first kappa shape index (κ1) is 15.5. The largest absolute Gasteiger partial charge is 0.504 e. The van der Waals surface area contributed by atoms with Gasteiger partial charge in [-0.3, -0.25) is 10.1 Å². The lowest BCUT2D eigenvalue weighted by molar-refractivity contribution is -0.112. The summed E-state index contributed by atoms with van der Waals surface area (Å²) in [5.41, 5.74) is 0.256. The van der Waals surface area contributed by atoms with E-state index in [4.69, 9.17) is 5.26 Å². The fraction of sp³-hybridized carbons (Fsp3) is 0.143. The van der Waals surface area contributed by atoms with Gasteiger partial charge in [0.05, 0.1) is 0 Å². The number of nitriles is 1. The Morgan fingerprint density at radius 1 is 1.41 bits per heavy atom. The normalized spacial score (nSPS) is 11.0. The minimum Gasteiger partial charge on any atom is -0.504 e. The second-order valence-corrected chi connectivity index (χ2v) is 5.29. The molecular formula is C14H12N4O3S. The van der Waals surface area contributed by atoms with Gasteiger partial charge in [0.25, 0.3) is 5.91 Å². The lowest BCUT2D eigenvalue weighted by atomic mass is 10.1. The van der Waals surface area contributed by atoms with Crippen molar-refractivity contribution in [1.29, 1.82) is 5.26 Å². The molecule has 0 radical (unpaired) electrons. The Kier molecular flexibility index (Phi) is 4.70. The van der Waals surface area contributed by atoms with Crippen LogP contribution in [0.15, 0.2) is 23.8 Å². The van der Waals surface area contributed by atoms with Crippen LogP contribution >= 0.6 is 11.3 Å². The number of aromatic nitrogens is 2. The second-order valence-electron chi connectivity index (χ2n) is 4.23. The fourth-order valence-corrected chi connectivity index (χ4v) is 2.23. The fourth-order valence-electron chi connectivity index (χ4n) is 1.56. The summed E-state index contributed by atoms with van der Waals surface area (Å²) in [5.74, 6) is -1.22. The minimum atomic E-state index is -0.617. The Balaban J connectivity index is 2.19. The maximum Gasteiger partial charge on any atom is 0.268 e. The number of nitrogens with one attached hydrogen (secondary N) is 1. The van der Waals surface area contributed by atoms with E-state index in [1.807, 2.05) is 6.92 Å². The van der Waals surface area contributed by atoms with Crippen molar-refractivity contribution in [2.45, 2.75) is 13.3 Å². The topological polar surface area (TPSA) is 119 Å². The minimum absolute atomic E-state index is 0.154. The van der Waals surface area contributed by atoms with Gasteiger partial charge in [0.2, 0.25) is 5.13 Å². The Morgan fingerprint density at radius 2 is 2.18 bits per heavy atom. The molecule has 0 atom stereocenters.